The van der Waals surface area contributed by atoms with Crippen LogP contribution >= 0.6 is 0 Å². The summed E-state index contributed by atoms with van der Waals surface area (Å²) in [5.41, 5.74) is 2.50. The predicted octanol–water partition coefficient (Wildman–Crippen LogP) is 4.83. The van der Waals surface area contributed by atoms with Crippen LogP contribution in [-0.4, -0.2) is 11.6 Å². The molecule has 0 heterocycles. The van der Waals surface area contributed by atoms with E-state index in [0.717, 1.165) is 21.6 Å². The number of carbonyl (C=O) groups is 2. The normalized spacial score (nSPS) is 16.6. The maximum absolute atomic E-state index is 13.4. The van der Waals surface area contributed by atoms with Gasteiger partial charge in [-0.15, -0.1) is 0 Å². The zero-order valence-corrected chi connectivity index (χ0v) is 20.0. The molecular formula is C26H38O2. The molecule has 154 valence electrons. The molecule has 2 nitrogen and oxygen atoms in total. The minimum Gasteiger partial charge on any atom is -0.285 e. The molecule has 0 fully saturated rings. The first kappa shape index (κ1) is 22.6. The Morgan fingerprint density at radius 2 is 0.714 bits per heavy atom. The molecule has 2 rings (SSSR count). The second-order valence-electron chi connectivity index (χ2n) is 12.3. The van der Waals surface area contributed by atoms with Crippen molar-refractivity contribution in [1.82, 2.24) is 0 Å². The predicted molar refractivity (Wildman–Crippen MR) is 119 cm³/mol. The van der Waals surface area contributed by atoms with Crippen LogP contribution in [0.5, 0.6) is 0 Å². The molecule has 0 aliphatic heterocycles. The molecule has 28 heavy (non-hydrogen) atoms. The highest BCUT2D eigenvalue weighted by Gasteiger charge is 2.41. The van der Waals surface area contributed by atoms with E-state index in [1.807, 2.05) is 41.5 Å². The van der Waals surface area contributed by atoms with Crippen molar-refractivity contribution in [3.05, 3.63) is 33.7 Å². The summed E-state index contributed by atoms with van der Waals surface area (Å²) in [7, 11) is 0. The van der Waals surface area contributed by atoms with Gasteiger partial charge in [0.05, 0.1) is 0 Å². The number of hydrogen-bond donors (Lipinski definition) is 0. The van der Waals surface area contributed by atoms with Crippen molar-refractivity contribution < 1.29 is 9.59 Å². The number of fused-ring (bicyclic) bond motifs is 1. The molecule has 0 N–H and O–H groups in total. The lowest BCUT2D eigenvalue weighted by Gasteiger charge is -2.35. The van der Waals surface area contributed by atoms with Gasteiger partial charge in [0, 0.05) is 11.1 Å². The van der Waals surface area contributed by atoms with Gasteiger partial charge in [0.1, 0.15) is 0 Å². The van der Waals surface area contributed by atoms with Crippen LogP contribution in [-0.2, 0) is 20.4 Å². The van der Waals surface area contributed by atoms with E-state index in [1.165, 1.54) is 0 Å². The van der Waals surface area contributed by atoms with Gasteiger partial charge in [0.2, 0.25) is 11.6 Å². The van der Waals surface area contributed by atoms with Gasteiger partial charge in [0.15, 0.2) is 0 Å². The number of rotatable bonds is 0. The molecule has 0 saturated carbocycles. The lowest BCUT2D eigenvalue weighted by atomic mass is 9.67. The Hall–Kier alpha value is -1.70. The molecule has 1 aromatic carbocycles. The van der Waals surface area contributed by atoms with Crippen molar-refractivity contribution >= 4 is 22.7 Å². The summed E-state index contributed by atoms with van der Waals surface area (Å²) in [6.45, 7) is 25.3. The number of benzene rings is 1. The van der Waals surface area contributed by atoms with Gasteiger partial charge >= 0.3 is 0 Å². The maximum Gasteiger partial charge on any atom is 0.230 e. The number of Topliss-reactive ketones (excluding diaryl/α,β-unsaturated/α-hetero) is 2. The van der Waals surface area contributed by atoms with Crippen LogP contribution < -0.4 is 10.4 Å². The van der Waals surface area contributed by atoms with Crippen molar-refractivity contribution in [2.24, 2.45) is 10.8 Å². The monoisotopic (exact) mass is 382 g/mol. The third-order valence-electron chi connectivity index (χ3n) is 5.48. The van der Waals surface area contributed by atoms with E-state index in [1.54, 1.807) is 0 Å². The second kappa shape index (κ2) is 6.40. The van der Waals surface area contributed by atoms with E-state index in [9.17, 15) is 9.59 Å². The highest BCUT2D eigenvalue weighted by atomic mass is 16.2. The molecular weight excluding hydrogens is 344 g/mol. The maximum atomic E-state index is 13.4. The van der Waals surface area contributed by atoms with Crippen molar-refractivity contribution in [2.45, 2.75) is 93.9 Å². The van der Waals surface area contributed by atoms with Crippen molar-refractivity contribution in [3.63, 3.8) is 0 Å². The summed E-state index contributed by atoms with van der Waals surface area (Å²) < 4.78 is 0. The summed E-state index contributed by atoms with van der Waals surface area (Å²) in [5, 5.41) is 2.00. The van der Waals surface area contributed by atoms with E-state index in [0.29, 0.717) is 11.1 Å². The summed E-state index contributed by atoms with van der Waals surface area (Å²) in [4.78, 5) is 26.8. The summed E-state index contributed by atoms with van der Waals surface area (Å²) in [5.74, 6) is -0.664. The van der Waals surface area contributed by atoms with E-state index < -0.39 is 10.8 Å². The SMILES string of the molecule is CC(C)(C)C1=c2c(C(C)(C)C)ccc(C(C)(C)C)c2=C(C(C)(C)C)C(=O)C1=O. The lowest BCUT2D eigenvalue weighted by Crippen LogP contribution is -2.52. The van der Waals surface area contributed by atoms with Gasteiger partial charge in [-0.2, -0.15) is 0 Å². The first-order valence-corrected chi connectivity index (χ1v) is 10.3. The van der Waals surface area contributed by atoms with Crippen molar-refractivity contribution in [2.75, 3.05) is 0 Å². The highest BCUT2D eigenvalue weighted by molar-refractivity contribution is 6.63. The number of carbonyl (C=O) groups excluding carboxylic acids is 2. The quantitative estimate of drug-likeness (QED) is 0.603. The Balaban J connectivity index is 3.48. The molecule has 0 amide bonds. The largest absolute Gasteiger partial charge is 0.285 e. The Labute approximate surface area is 171 Å². The average Bonchev–Trinajstić information content (AvgIpc) is 2.42. The molecule has 0 saturated heterocycles. The first-order valence-electron chi connectivity index (χ1n) is 10.3. The minimum absolute atomic E-state index is 0.138. The minimum atomic E-state index is -0.415. The van der Waals surface area contributed by atoms with E-state index in [2.05, 4.69) is 53.7 Å². The Morgan fingerprint density at radius 1 is 0.464 bits per heavy atom. The topological polar surface area (TPSA) is 34.1 Å². The summed E-state index contributed by atoms with van der Waals surface area (Å²) in [6, 6.07) is 4.35. The van der Waals surface area contributed by atoms with E-state index in [-0.39, 0.29) is 22.4 Å². The molecule has 0 unspecified atom stereocenters. The van der Waals surface area contributed by atoms with E-state index >= 15 is 0 Å². The molecule has 1 aromatic rings. The standard InChI is InChI=1S/C26H38O2/c1-23(2,3)15-13-14-16(24(4,5)6)18-17(15)19(25(7,8)9)21(27)22(28)20(18)26(10,11)12/h13-14H,1-12H3. The number of ketones is 2. The molecule has 1 aliphatic rings. The first-order chi connectivity index (χ1) is 12.3. The molecule has 2 heteroatoms. The zero-order valence-electron chi connectivity index (χ0n) is 20.0. The third kappa shape index (κ3) is 3.75. The lowest BCUT2D eigenvalue weighted by molar-refractivity contribution is -0.130. The molecule has 1 aliphatic carbocycles. The van der Waals surface area contributed by atoms with Gasteiger partial charge in [-0.05, 0) is 43.2 Å². The summed E-state index contributed by atoms with van der Waals surface area (Å²) >= 11 is 0. The Morgan fingerprint density at radius 3 is 0.893 bits per heavy atom. The number of hydrogen-bond acceptors (Lipinski definition) is 2. The van der Waals surface area contributed by atoms with Crippen LogP contribution in [0, 0.1) is 10.8 Å². The van der Waals surface area contributed by atoms with Crippen LogP contribution in [0.15, 0.2) is 12.1 Å². The van der Waals surface area contributed by atoms with Crippen molar-refractivity contribution in [1.29, 1.82) is 0 Å². The fourth-order valence-corrected chi connectivity index (χ4v) is 4.26. The zero-order chi connectivity index (χ0) is 22.0. The van der Waals surface area contributed by atoms with Gasteiger partial charge in [-0.3, -0.25) is 9.59 Å². The molecule has 0 bridgehead atoms. The molecule has 0 spiro atoms. The molecule has 0 radical (unpaired) electrons. The van der Waals surface area contributed by atoms with Crippen molar-refractivity contribution in [3.8, 4) is 0 Å². The Kier molecular flexibility index (Phi) is 5.17. The van der Waals surface area contributed by atoms with Gasteiger partial charge in [0.25, 0.3) is 0 Å². The smallest absolute Gasteiger partial charge is 0.230 e. The third-order valence-corrected chi connectivity index (χ3v) is 5.48. The second-order valence-corrected chi connectivity index (χ2v) is 12.3. The van der Waals surface area contributed by atoms with Crippen LogP contribution in [0.25, 0.3) is 11.1 Å². The van der Waals surface area contributed by atoms with E-state index in [4.69, 9.17) is 0 Å². The fraction of sp³-hybridized carbons (Fsp3) is 0.615. The van der Waals surface area contributed by atoms with Gasteiger partial charge in [-0.1, -0.05) is 95.2 Å². The van der Waals surface area contributed by atoms with Crippen LogP contribution in [0.3, 0.4) is 0 Å². The molecule has 0 aromatic heterocycles. The summed E-state index contributed by atoms with van der Waals surface area (Å²) in [6.07, 6.45) is 0. The fourth-order valence-electron chi connectivity index (χ4n) is 4.26. The van der Waals surface area contributed by atoms with Crippen LogP contribution in [0.4, 0.5) is 0 Å². The average molecular weight is 383 g/mol. The van der Waals surface area contributed by atoms with Crippen LogP contribution in [0.1, 0.15) is 94.2 Å². The Bertz CT molecular complexity index is 879. The van der Waals surface area contributed by atoms with Gasteiger partial charge in [-0.25, -0.2) is 0 Å². The van der Waals surface area contributed by atoms with Crippen LogP contribution in [0.2, 0.25) is 0 Å². The van der Waals surface area contributed by atoms with Gasteiger partial charge < -0.3 is 0 Å². The molecule has 0 atom stereocenters. The highest BCUT2D eigenvalue weighted by Crippen LogP contribution is 2.36.